The second kappa shape index (κ2) is 17.5. The molecule has 0 saturated heterocycles. The number of hydrogen-bond acceptors (Lipinski definition) is 7. The Bertz CT molecular complexity index is 869. The van der Waals surface area contributed by atoms with Crippen LogP contribution < -0.4 is 0 Å². The topological polar surface area (TPSA) is 102 Å². The van der Waals surface area contributed by atoms with Gasteiger partial charge in [-0.1, -0.05) is 44.2 Å². The van der Waals surface area contributed by atoms with Gasteiger partial charge >= 0.3 is 11.9 Å². The first-order chi connectivity index (χ1) is 18.7. The van der Waals surface area contributed by atoms with E-state index in [2.05, 4.69) is 37.8 Å². The fourth-order valence-corrected chi connectivity index (χ4v) is 4.89. The monoisotopic (exact) mass is 546 g/mol. The largest absolute Gasteiger partial charge is 0.465 e. The second-order valence-electron chi connectivity index (χ2n) is 11.4. The number of carbonyl (C=O) groups is 2. The highest BCUT2D eigenvalue weighted by molar-refractivity contribution is 5.87. The molecule has 7 heteroatoms. The molecule has 0 heterocycles. The summed E-state index contributed by atoms with van der Waals surface area (Å²) in [5, 5.41) is 18.4. The first kappa shape index (κ1) is 33.0. The zero-order valence-corrected chi connectivity index (χ0v) is 24.3. The molecule has 0 radical (unpaired) electrons. The van der Waals surface area contributed by atoms with Gasteiger partial charge in [0.15, 0.2) is 0 Å². The zero-order chi connectivity index (χ0) is 28.7. The molecular formula is C32H50O7. The lowest BCUT2D eigenvalue weighted by molar-refractivity contribution is -0.156. The van der Waals surface area contributed by atoms with E-state index in [9.17, 15) is 14.7 Å². The molecule has 39 heavy (non-hydrogen) atoms. The Morgan fingerprint density at radius 2 is 1.56 bits per heavy atom. The molecule has 0 aromatic heterocycles. The van der Waals surface area contributed by atoms with E-state index in [1.807, 2.05) is 0 Å². The highest BCUT2D eigenvalue weighted by Gasteiger charge is 2.28. The predicted octanol–water partition coefficient (Wildman–Crippen LogP) is 5.83. The van der Waals surface area contributed by atoms with Gasteiger partial charge in [-0.3, -0.25) is 4.79 Å². The second-order valence-corrected chi connectivity index (χ2v) is 11.4. The fraction of sp³-hybridized carbons (Fsp3) is 0.688. The van der Waals surface area contributed by atoms with E-state index in [1.165, 1.54) is 17.5 Å². The minimum atomic E-state index is -0.904. The van der Waals surface area contributed by atoms with E-state index in [0.29, 0.717) is 31.5 Å². The van der Waals surface area contributed by atoms with Crippen LogP contribution in [0.5, 0.6) is 0 Å². The molecule has 1 aromatic rings. The number of aliphatic hydroxyl groups excluding tert-OH is 2. The number of esters is 2. The molecule has 0 amide bonds. The Balaban J connectivity index is 1.93. The number of aliphatic hydroxyl groups is 2. The average molecular weight is 547 g/mol. The first-order valence-electron chi connectivity index (χ1n) is 14.7. The third-order valence-electron chi connectivity index (χ3n) is 7.69. The molecule has 1 aliphatic rings. The summed E-state index contributed by atoms with van der Waals surface area (Å²) in [5.74, 6) is -0.169. The molecule has 0 bridgehead atoms. The summed E-state index contributed by atoms with van der Waals surface area (Å²) in [6.07, 6.45) is 10.2. The Kier molecular flexibility index (Phi) is 14.8. The molecule has 0 spiro atoms. The van der Waals surface area contributed by atoms with E-state index in [4.69, 9.17) is 19.3 Å². The van der Waals surface area contributed by atoms with Crippen molar-refractivity contribution < 1.29 is 34.0 Å². The number of benzene rings is 1. The molecule has 0 aliphatic heterocycles. The van der Waals surface area contributed by atoms with Crippen LogP contribution in [0.4, 0.5) is 0 Å². The molecule has 1 aromatic carbocycles. The van der Waals surface area contributed by atoms with Crippen LogP contribution in [0.1, 0.15) is 108 Å². The highest BCUT2D eigenvalue weighted by Crippen LogP contribution is 2.35. The maximum atomic E-state index is 12.2. The fourth-order valence-electron chi connectivity index (χ4n) is 4.89. The smallest absolute Gasteiger partial charge is 0.335 e. The van der Waals surface area contributed by atoms with Gasteiger partial charge < -0.3 is 24.4 Å². The van der Waals surface area contributed by atoms with Gasteiger partial charge in [0.1, 0.15) is 0 Å². The minimum Gasteiger partial charge on any atom is -0.465 e. The highest BCUT2D eigenvalue weighted by atomic mass is 16.5. The van der Waals surface area contributed by atoms with Gasteiger partial charge in [0, 0.05) is 6.61 Å². The Labute approximate surface area is 234 Å². The molecule has 1 unspecified atom stereocenters. The number of hydrogen-bond donors (Lipinski definition) is 2. The summed E-state index contributed by atoms with van der Waals surface area (Å²) >= 11 is 0. The summed E-state index contributed by atoms with van der Waals surface area (Å²) in [7, 11) is 0. The van der Waals surface area contributed by atoms with Crippen molar-refractivity contribution in [3.05, 3.63) is 47.5 Å². The van der Waals surface area contributed by atoms with Crippen LogP contribution in [0.15, 0.2) is 36.4 Å². The zero-order valence-electron chi connectivity index (χ0n) is 24.3. The summed E-state index contributed by atoms with van der Waals surface area (Å²) in [6.45, 7) is 9.78. The van der Waals surface area contributed by atoms with Crippen molar-refractivity contribution in [2.75, 3.05) is 33.0 Å². The standard InChI is InChI=1S/C32H50O7/c1-5-6-19-37-29-17-15-28(16-18-29)27-13-11-26(12-14-27)25(9-7-20-38-30(35)24(2)22-33)10-8-21-39-31(36)32(3,4)23-34/h11-14,25,28-29,33-34H,2,5-10,15-23H2,1,3-4H3. The van der Waals surface area contributed by atoms with Crippen LogP contribution >= 0.6 is 0 Å². The summed E-state index contributed by atoms with van der Waals surface area (Å²) in [4.78, 5) is 24.0. The average Bonchev–Trinajstić information content (AvgIpc) is 2.96. The van der Waals surface area contributed by atoms with E-state index in [1.54, 1.807) is 13.8 Å². The Morgan fingerprint density at radius 3 is 2.13 bits per heavy atom. The first-order valence-corrected chi connectivity index (χ1v) is 14.7. The quantitative estimate of drug-likeness (QED) is 0.136. The van der Waals surface area contributed by atoms with Gasteiger partial charge in [-0.2, -0.15) is 0 Å². The van der Waals surface area contributed by atoms with Gasteiger partial charge in [-0.25, -0.2) is 4.79 Å². The van der Waals surface area contributed by atoms with E-state index >= 15 is 0 Å². The van der Waals surface area contributed by atoms with Crippen LogP contribution in [0.2, 0.25) is 0 Å². The van der Waals surface area contributed by atoms with Crippen LogP contribution in [-0.4, -0.2) is 61.3 Å². The Morgan fingerprint density at radius 1 is 0.949 bits per heavy atom. The van der Waals surface area contributed by atoms with E-state index in [0.717, 1.165) is 51.6 Å². The summed E-state index contributed by atoms with van der Waals surface area (Å²) < 4.78 is 16.7. The van der Waals surface area contributed by atoms with Crippen LogP contribution in [-0.2, 0) is 23.8 Å². The van der Waals surface area contributed by atoms with Crippen molar-refractivity contribution in [3.8, 4) is 0 Å². The third-order valence-corrected chi connectivity index (χ3v) is 7.69. The molecule has 7 nitrogen and oxygen atoms in total. The molecule has 1 atom stereocenters. The van der Waals surface area contributed by atoms with Gasteiger partial charge in [0.25, 0.3) is 0 Å². The molecule has 2 N–H and O–H groups in total. The summed E-state index contributed by atoms with van der Waals surface area (Å²) in [6, 6.07) is 8.93. The predicted molar refractivity (Wildman–Crippen MR) is 153 cm³/mol. The van der Waals surface area contributed by atoms with Gasteiger partial charge in [0.05, 0.1) is 43.5 Å². The van der Waals surface area contributed by atoms with Crippen molar-refractivity contribution in [1.29, 1.82) is 0 Å². The van der Waals surface area contributed by atoms with Gasteiger partial charge in [-0.15, -0.1) is 0 Å². The van der Waals surface area contributed by atoms with Crippen LogP contribution in [0.25, 0.3) is 0 Å². The lowest BCUT2D eigenvalue weighted by Crippen LogP contribution is -2.30. The normalized spacial score (nSPS) is 18.4. The van der Waals surface area contributed by atoms with Crippen molar-refractivity contribution >= 4 is 11.9 Å². The van der Waals surface area contributed by atoms with E-state index in [-0.39, 0.29) is 24.7 Å². The van der Waals surface area contributed by atoms with Crippen molar-refractivity contribution in [3.63, 3.8) is 0 Å². The molecular weight excluding hydrogens is 496 g/mol. The number of carbonyl (C=O) groups excluding carboxylic acids is 2. The SMILES string of the molecule is C=C(CO)C(=O)OCCCC(CCCOC(=O)C(C)(C)CO)c1ccc(C2CCC(OCCCC)CC2)cc1. The van der Waals surface area contributed by atoms with Crippen molar-refractivity contribution in [1.82, 2.24) is 0 Å². The molecule has 2 rings (SSSR count). The number of ether oxygens (including phenoxy) is 3. The van der Waals surface area contributed by atoms with Gasteiger partial charge in [-0.05, 0) is 94.6 Å². The summed E-state index contributed by atoms with van der Waals surface area (Å²) in [5.41, 5.74) is 1.75. The molecule has 220 valence electrons. The molecule has 1 fully saturated rings. The van der Waals surface area contributed by atoms with Crippen molar-refractivity contribution in [2.24, 2.45) is 5.41 Å². The van der Waals surface area contributed by atoms with Gasteiger partial charge in [0.2, 0.25) is 0 Å². The van der Waals surface area contributed by atoms with Crippen molar-refractivity contribution in [2.45, 2.75) is 103 Å². The maximum absolute atomic E-state index is 12.2. The lowest BCUT2D eigenvalue weighted by atomic mass is 9.81. The molecule has 1 saturated carbocycles. The Hall–Kier alpha value is -2.22. The lowest BCUT2D eigenvalue weighted by Gasteiger charge is -2.29. The number of unbranched alkanes of at least 4 members (excludes halogenated alkanes) is 1. The number of rotatable bonds is 18. The third kappa shape index (κ3) is 11.4. The van der Waals surface area contributed by atoms with Crippen LogP contribution in [0.3, 0.4) is 0 Å². The minimum absolute atomic E-state index is 0.0521. The maximum Gasteiger partial charge on any atom is 0.335 e. The van der Waals surface area contributed by atoms with E-state index < -0.39 is 24.0 Å². The molecule has 1 aliphatic carbocycles. The van der Waals surface area contributed by atoms with Crippen LogP contribution in [0, 0.1) is 5.41 Å².